The fourth-order valence-corrected chi connectivity index (χ4v) is 2.73. The maximum Gasteiger partial charge on any atom is 0.292 e. The Hall–Kier alpha value is -3.65. The number of nitro benzene ring substituents is 1. The third-order valence-corrected chi connectivity index (χ3v) is 3.93. The zero-order valence-electron chi connectivity index (χ0n) is 13.3. The normalized spacial score (nSPS) is 10.0. The molecule has 0 heterocycles. The minimum Gasteiger partial charge on any atom is -0.375 e. The first kappa shape index (κ1) is 16.2. The SMILES string of the molecule is N#Cc1ccccc1-c1ccccc1CNc1ccccc1[N+](=O)[O-]. The van der Waals surface area contributed by atoms with Crippen LogP contribution in [0.2, 0.25) is 0 Å². The molecule has 1 N–H and O–H groups in total. The van der Waals surface area contributed by atoms with E-state index in [4.69, 9.17) is 0 Å². The second kappa shape index (κ2) is 7.28. The van der Waals surface area contributed by atoms with Crippen LogP contribution >= 0.6 is 0 Å². The Morgan fingerprint density at radius 3 is 2.32 bits per heavy atom. The Morgan fingerprint density at radius 1 is 0.920 bits per heavy atom. The molecule has 0 bridgehead atoms. The Balaban J connectivity index is 1.93. The van der Waals surface area contributed by atoms with Crippen molar-refractivity contribution in [1.29, 1.82) is 5.26 Å². The van der Waals surface area contributed by atoms with Crippen molar-refractivity contribution in [3.8, 4) is 17.2 Å². The van der Waals surface area contributed by atoms with Crippen LogP contribution in [0.15, 0.2) is 72.8 Å². The summed E-state index contributed by atoms with van der Waals surface area (Å²) >= 11 is 0. The second-order valence-corrected chi connectivity index (χ2v) is 5.44. The second-order valence-electron chi connectivity index (χ2n) is 5.44. The van der Waals surface area contributed by atoms with Gasteiger partial charge in [0.1, 0.15) is 5.69 Å². The van der Waals surface area contributed by atoms with E-state index in [9.17, 15) is 15.4 Å². The van der Waals surface area contributed by atoms with E-state index in [0.29, 0.717) is 17.8 Å². The van der Waals surface area contributed by atoms with Crippen LogP contribution in [0.5, 0.6) is 0 Å². The highest BCUT2D eigenvalue weighted by Crippen LogP contribution is 2.29. The molecule has 0 spiro atoms. The minimum absolute atomic E-state index is 0.0393. The summed E-state index contributed by atoms with van der Waals surface area (Å²) in [6.45, 7) is 0.417. The molecule has 5 nitrogen and oxygen atoms in total. The van der Waals surface area contributed by atoms with Crippen molar-refractivity contribution in [3.63, 3.8) is 0 Å². The summed E-state index contributed by atoms with van der Waals surface area (Å²) in [7, 11) is 0. The van der Waals surface area contributed by atoms with Crippen molar-refractivity contribution in [2.45, 2.75) is 6.54 Å². The first-order valence-corrected chi connectivity index (χ1v) is 7.75. The van der Waals surface area contributed by atoms with Crippen LogP contribution < -0.4 is 5.32 Å². The third-order valence-electron chi connectivity index (χ3n) is 3.93. The summed E-state index contributed by atoms with van der Waals surface area (Å²) in [5.74, 6) is 0. The van der Waals surface area contributed by atoms with Crippen LogP contribution in [0.4, 0.5) is 11.4 Å². The molecule has 25 heavy (non-hydrogen) atoms. The van der Waals surface area contributed by atoms with Gasteiger partial charge in [-0.3, -0.25) is 10.1 Å². The highest BCUT2D eigenvalue weighted by atomic mass is 16.6. The first-order valence-electron chi connectivity index (χ1n) is 7.75. The van der Waals surface area contributed by atoms with Crippen LogP contribution in [0, 0.1) is 21.4 Å². The fraction of sp³-hybridized carbons (Fsp3) is 0.0500. The van der Waals surface area contributed by atoms with E-state index in [1.54, 1.807) is 24.3 Å². The van der Waals surface area contributed by atoms with Gasteiger partial charge in [-0.2, -0.15) is 5.26 Å². The number of benzene rings is 3. The van der Waals surface area contributed by atoms with Crippen molar-refractivity contribution in [2.24, 2.45) is 0 Å². The lowest BCUT2D eigenvalue weighted by atomic mass is 9.96. The third kappa shape index (κ3) is 3.48. The van der Waals surface area contributed by atoms with Crippen molar-refractivity contribution in [2.75, 3.05) is 5.32 Å². The van der Waals surface area contributed by atoms with E-state index in [0.717, 1.165) is 16.7 Å². The van der Waals surface area contributed by atoms with Crippen LogP contribution in [-0.4, -0.2) is 4.92 Å². The summed E-state index contributed by atoms with van der Waals surface area (Å²) in [4.78, 5) is 10.7. The number of hydrogen-bond acceptors (Lipinski definition) is 4. The molecule has 0 atom stereocenters. The largest absolute Gasteiger partial charge is 0.375 e. The summed E-state index contributed by atoms with van der Waals surface area (Å²) in [6.07, 6.45) is 0. The molecular weight excluding hydrogens is 314 g/mol. The van der Waals surface area contributed by atoms with E-state index in [1.165, 1.54) is 6.07 Å². The van der Waals surface area contributed by atoms with E-state index < -0.39 is 4.92 Å². The van der Waals surface area contributed by atoms with Gasteiger partial charge in [-0.1, -0.05) is 54.6 Å². The Morgan fingerprint density at radius 2 is 1.56 bits per heavy atom. The van der Waals surface area contributed by atoms with Gasteiger partial charge in [-0.25, -0.2) is 0 Å². The summed E-state index contributed by atoms with van der Waals surface area (Å²) in [5, 5.41) is 23.6. The molecule has 0 radical (unpaired) electrons. The quantitative estimate of drug-likeness (QED) is 0.541. The molecule has 0 unspecified atom stereocenters. The summed E-state index contributed by atoms with van der Waals surface area (Å²) in [5.41, 5.74) is 3.85. The standard InChI is InChI=1S/C20H15N3O2/c21-13-15-7-1-3-9-17(15)18-10-4-2-8-16(18)14-22-19-11-5-6-12-20(19)23(24)25/h1-12,22H,14H2. The molecule has 0 fully saturated rings. The molecular formula is C20H15N3O2. The van der Waals surface area contributed by atoms with Crippen molar-refractivity contribution in [3.05, 3.63) is 94.0 Å². The maximum atomic E-state index is 11.1. The molecule has 0 aliphatic heterocycles. The molecule has 0 aliphatic carbocycles. The molecule has 0 aromatic heterocycles. The molecule has 3 aromatic rings. The molecule has 0 saturated carbocycles. The Labute approximate surface area is 145 Å². The van der Waals surface area contributed by atoms with Crippen LogP contribution in [0.25, 0.3) is 11.1 Å². The van der Waals surface area contributed by atoms with Gasteiger partial charge in [0.25, 0.3) is 5.69 Å². The molecule has 3 rings (SSSR count). The highest BCUT2D eigenvalue weighted by molar-refractivity contribution is 5.74. The van der Waals surface area contributed by atoms with Gasteiger partial charge < -0.3 is 5.32 Å². The lowest BCUT2D eigenvalue weighted by Gasteiger charge is -2.13. The number of rotatable bonds is 5. The number of nitrogens with zero attached hydrogens (tertiary/aromatic N) is 2. The maximum absolute atomic E-state index is 11.1. The van der Waals surface area contributed by atoms with E-state index >= 15 is 0 Å². The van der Waals surface area contributed by atoms with Crippen LogP contribution in [0.3, 0.4) is 0 Å². The average molecular weight is 329 g/mol. The van der Waals surface area contributed by atoms with Gasteiger partial charge in [-0.05, 0) is 28.8 Å². The van der Waals surface area contributed by atoms with Gasteiger partial charge >= 0.3 is 0 Å². The molecule has 5 heteroatoms. The van der Waals surface area contributed by atoms with E-state index in [-0.39, 0.29) is 5.69 Å². The Bertz CT molecular complexity index is 961. The zero-order valence-corrected chi connectivity index (χ0v) is 13.3. The lowest BCUT2D eigenvalue weighted by molar-refractivity contribution is -0.384. The molecule has 0 saturated heterocycles. The summed E-state index contributed by atoms with van der Waals surface area (Å²) < 4.78 is 0. The van der Waals surface area contributed by atoms with Crippen molar-refractivity contribution >= 4 is 11.4 Å². The van der Waals surface area contributed by atoms with E-state index in [2.05, 4.69) is 11.4 Å². The van der Waals surface area contributed by atoms with Crippen molar-refractivity contribution < 1.29 is 4.92 Å². The number of para-hydroxylation sites is 2. The number of nitriles is 1. The van der Waals surface area contributed by atoms with Gasteiger partial charge in [0.05, 0.1) is 16.6 Å². The smallest absolute Gasteiger partial charge is 0.292 e. The van der Waals surface area contributed by atoms with E-state index in [1.807, 2.05) is 42.5 Å². The lowest BCUT2D eigenvalue weighted by Crippen LogP contribution is -2.04. The van der Waals surface area contributed by atoms with Crippen LogP contribution in [-0.2, 0) is 6.54 Å². The number of hydrogen-bond donors (Lipinski definition) is 1. The van der Waals surface area contributed by atoms with Gasteiger partial charge in [0, 0.05) is 12.6 Å². The number of anilines is 1. The summed E-state index contributed by atoms with van der Waals surface area (Å²) in [6, 6.07) is 23.9. The zero-order chi connectivity index (χ0) is 17.6. The molecule has 3 aromatic carbocycles. The van der Waals surface area contributed by atoms with Gasteiger partial charge in [-0.15, -0.1) is 0 Å². The fourth-order valence-electron chi connectivity index (χ4n) is 2.73. The van der Waals surface area contributed by atoms with Crippen molar-refractivity contribution in [1.82, 2.24) is 0 Å². The predicted molar refractivity (Wildman–Crippen MR) is 97.0 cm³/mol. The van der Waals surface area contributed by atoms with Crippen LogP contribution in [0.1, 0.15) is 11.1 Å². The minimum atomic E-state index is -0.404. The molecule has 0 aliphatic rings. The molecule has 122 valence electrons. The van der Waals surface area contributed by atoms with Gasteiger partial charge in [0.2, 0.25) is 0 Å². The first-order chi connectivity index (χ1) is 12.2. The van der Waals surface area contributed by atoms with Gasteiger partial charge in [0.15, 0.2) is 0 Å². The topological polar surface area (TPSA) is 79.0 Å². The average Bonchev–Trinajstić information content (AvgIpc) is 2.66. The Kier molecular flexibility index (Phi) is 4.72. The number of nitrogens with one attached hydrogen (secondary N) is 1. The predicted octanol–water partition coefficient (Wildman–Crippen LogP) is 4.75. The number of nitro groups is 1. The monoisotopic (exact) mass is 329 g/mol. The molecule has 0 amide bonds. The highest BCUT2D eigenvalue weighted by Gasteiger charge is 2.13.